The van der Waals surface area contributed by atoms with Gasteiger partial charge in [0, 0.05) is 27.9 Å². The largest absolute Gasteiger partial charge is 0.305 e. The third kappa shape index (κ3) is 2.35. The van der Waals surface area contributed by atoms with Crippen LogP contribution in [0.5, 0.6) is 0 Å². The van der Waals surface area contributed by atoms with Crippen molar-refractivity contribution < 1.29 is 4.92 Å². The highest BCUT2D eigenvalue weighted by Gasteiger charge is 2.09. The minimum absolute atomic E-state index is 0.00373. The van der Waals surface area contributed by atoms with Gasteiger partial charge in [-0.05, 0) is 13.0 Å². The van der Waals surface area contributed by atoms with Crippen molar-refractivity contribution in [3.63, 3.8) is 0 Å². The van der Waals surface area contributed by atoms with Gasteiger partial charge >= 0.3 is 0 Å². The molecule has 1 aromatic carbocycles. The second-order valence-corrected chi connectivity index (χ2v) is 3.50. The molecule has 1 rings (SSSR count). The summed E-state index contributed by atoms with van der Waals surface area (Å²) in [5.41, 5.74) is 0.862. The topological polar surface area (TPSA) is 67.0 Å². The summed E-state index contributed by atoms with van der Waals surface area (Å²) < 4.78 is 0.614. The summed E-state index contributed by atoms with van der Waals surface area (Å²) in [7, 11) is 0. The first-order valence-electron chi connectivity index (χ1n) is 3.51. The number of non-ortho nitro benzene ring substituents is 1. The van der Waals surface area contributed by atoms with E-state index in [0.29, 0.717) is 15.7 Å². The average molecular weight is 243 g/mol. The molecule has 68 valence electrons. The van der Waals surface area contributed by atoms with Crippen molar-refractivity contribution in [2.24, 2.45) is 0 Å². The van der Waals surface area contributed by atoms with E-state index in [4.69, 9.17) is 5.41 Å². The monoisotopic (exact) mass is 242 g/mol. The van der Waals surface area contributed by atoms with Crippen LogP contribution in [0.3, 0.4) is 0 Å². The van der Waals surface area contributed by atoms with Gasteiger partial charge in [-0.25, -0.2) is 0 Å². The lowest BCUT2D eigenvalue weighted by atomic mass is 10.1. The van der Waals surface area contributed by atoms with E-state index in [-0.39, 0.29) is 5.69 Å². The zero-order valence-corrected chi connectivity index (χ0v) is 8.46. The zero-order valence-electron chi connectivity index (χ0n) is 6.87. The Labute approximate surface area is 83.4 Å². The molecule has 0 aliphatic heterocycles. The summed E-state index contributed by atoms with van der Waals surface area (Å²) in [5.74, 6) is 0. The standard InChI is InChI=1S/C8H7BrN2O2/c1-5(10)6-2-7(9)4-8(3-6)11(12)13/h2-4,10H,1H3. The van der Waals surface area contributed by atoms with Crippen LogP contribution in [-0.4, -0.2) is 10.6 Å². The molecular formula is C8H7BrN2O2. The number of hydrogen-bond donors (Lipinski definition) is 1. The summed E-state index contributed by atoms with van der Waals surface area (Å²) in [6.07, 6.45) is 0. The molecule has 0 aliphatic carbocycles. The first kappa shape index (κ1) is 9.85. The van der Waals surface area contributed by atoms with E-state index in [9.17, 15) is 10.1 Å². The Morgan fingerprint density at radius 1 is 1.54 bits per heavy atom. The van der Waals surface area contributed by atoms with Crippen molar-refractivity contribution in [2.45, 2.75) is 6.92 Å². The number of benzene rings is 1. The highest BCUT2D eigenvalue weighted by Crippen LogP contribution is 2.21. The SMILES string of the molecule is CC(=N)c1cc(Br)cc([N+](=O)[O-])c1. The van der Waals surface area contributed by atoms with E-state index in [0.717, 1.165) is 0 Å². The Morgan fingerprint density at radius 3 is 2.62 bits per heavy atom. The summed E-state index contributed by atoms with van der Waals surface area (Å²) in [6.45, 7) is 1.59. The predicted molar refractivity (Wildman–Crippen MR) is 53.3 cm³/mol. The van der Waals surface area contributed by atoms with E-state index in [1.54, 1.807) is 13.0 Å². The Kier molecular flexibility index (Phi) is 2.77. The second kappa shape index (κ2) is 3.66. The van der Waals surface area contributed by atoms with Crippen LogP contribution in [0.2, 0.25) is 0 Å². The molecule has 0 radical (unpaired) electrons. The number of nitrogens with one attached hydrogen (secondary N) is 1. The van der Waals surface area contributed by atoms with Gasteiger partial charge in [0.25, 0.3) is 5.69 Å². The molecule has 0 unspecified atom stereocenters. The molecule has 0 saturated heterocycles. The van der Waals surface area contributed by atoms with E-state index >= 15 is 0 Å². The predicted octanol–water partition coefficient (Wildman–Crippen LogP) is 2.75. The van der Waals surface area contributed by atoms with Crippen molar-refractivity contribution in [3.8, 4) is 0 Å². The van der Waals surface area contributed by atoms with Gasteiger partial charge in [-0.2, -0.15) is 0 Å². The first-order chi connectivity index (χ1) is 6.00. The second-order valence-electron chi connectivity index (χ2n) is 2.58. The number of nitro groups is 1. The molecule has 0 spiro atoms. The summed E-state index contributed by atoms with van der Waals surface area (Å²) in [4.78, 5) is 9.97. The van der Waals surface area contributed by atoms with Crippen molar-refractivity contribution in [1.82, 2.24) is 0 Å². The van der Waals surface area contributed by atoms with Crippen LogP contribution >= 0.6 is 15.9 Å². The highest BCUT2D eigenvalue weighted by atomic mass is 79.9. The third-order valence-electron chi connectivity index (χ3n) is 1.53. The van der Waals surface area contributed by atoms with Crippen LogP contribution in [0.15, 0.2) is 22.7 Å². The van der Waals surface area contributed by atoms with Gasteiger partial charge in [-0.3, -0.25) is 10.1 Å². The maximum Gasteiger partial charge on any atom is 0.271 e. The summed E-state index contributed by atoms with van der Waals surface area (Å²) >= 11 is 3.15. The van der Waals surface area contributed by atoms with Gasteiger partial charge in [0.15, 0.2) is 0 Å². The van der Waals surface area contributed by atoms with Crippen LogP contribution < -0.4 is 0 Å². The fourth-order valence-corrected chi connectivity index (χ4v) is 1.38. The van der Waals surface area contributed by atoms with E-state index < -0.39 is 4.92 Å². The van der Waals surface area contributed by atoms with E-state index in [1.807, 2.05) is 0 Å². The molecule has 0 amide bonds. The minimum atomic E-state index is -0.475. The molecule has 13 heavy (non-hydrogen) atoms. The number of halogens is 1. The average Bonchev–Trinajstić information content (AvgIpc) is 2.03. The maximum atomic E-state index is 10.4. The van der Waals surface area contributed by atoms with Gasteiger partial charge in [0.05, 0.1) is 4.92 Å². The fourth-order valence-electron chi connectivity index (χ4n) is 0.896. The molecule has 0 atom stereocenters. The molecule has 0 aliphatic rings. The Morgan fingerprint density at radius 2 is 2.15 bits per heavy atom. The lowest BCUT2D eigenvalue weighted by Crippen LogP contribution is -1.95. The van der Waals surface area contributed by atoms with Crippen molar-refractivity contribution >= 4 is 27.3 Å². The number of rotatable bonds is 2. The van der Waals surface area contributed by atoms with Crippen molar-refractivity contribution in [1.29, 1.82) is 5.41 Å². The van der Waals surface area contributed by atoms with Gasteiger partial charge in [0.2, 0.25) is 0 Å². The Balaban J connectivity index is 3.26. The number of hydrogen-bond acceptors (Lipinski definition) is 3. The van der Waals surface area contributed by atoms with Gasteiger partial charge < -0.3 is 5.41 Å². The molecule has 0 heterocycles. The van der Waals surface area contributed by atoms with Crippen molar-refractivity contribution in [3.05, 3.63) is 38.3 Å². The maximum absolute atomic E-state index is 10.4. The normalized spacial score (nSPS) is 9.69. The fraction of sp³-hybridized carbons (Fsp3) is 0.125. The highest BCUT2D eigenvalue weighted by molar-refractivity contribution is 9.10. The van der Waals surface area contributed by atoms with Crippen LogP contribution in [-0.2, 0) is 0 Å². The van der Waals surface area contributed by atoms with Gasteiger partial charge in [-0.15, -0.1) is 0 Å². The van der Waals surface area contributed by atoms with Gasteiger partial charge in [0.1, 0.15) is 0 Å². The van der Waals surface area contributed by atoms with Crippen molar-refractivity contribution in [2.75, 3.05) is 0 Å². The quantitative estimate of drug-likeness (QED) is 0.493. The molecule has 5 heteroatoms. The Hall–Kier alpha value is -1.23. The van der Waals surface area contributed by atoms with Crippen LogP contribution in [0.4, 0.5) is 5.69 Å². The molecule has 1 aromatic rings. The third-order valence-corrected chi connectivity index (χ3v) is 1.98. The molecule has 0 bridgehead atoms. The molecule has 0 aromatic heterocycles. The van der Waals surface area contributed by atoms with Gasteiger partial charge in [-0.1, -0.05) is 15.9 Å². The molecule has 1 N–H and O–H groups in total. The van der Waals surface area contributed by atoms with Crippen LogP contribution in [0.25, 0.3) is 0 Å². The zero-order chi connectivity index (χ0) is 10.0. The summed E-state index contributed by atoms with van der Waals surface area (Å²) in [6, 6.07) is 4.47. The van der Waals surface area contributed by atoms with Crippen LogP contribution in [0, 0.1) is 15.5 Å². The lowest BCUT2D eigenvalue weighted by Gasteiger charge is -1.99. The van der Waals surface area contributed by atoms with E-state index in [1.165, 1.54) is 12.1 Å². The number of nitro benzene ring substituents is 1. The number of nitrogens with zero attached hydrogens (tertiary/aromatic N) is 1. The smallest absolute Gasteiger partial charge is 0.271 e. The Bertz CT molecular complexity index is 344. The molecule has 4 nitrogen and oxygen atoms in total. The molecule has 0 fully saturated rings. The lowest BCUT2D eigenvalue weighted by molar-refractivity contribution is -0.384. The molecule has 0 saturated carbocycles. The summed E-state index contributed by atoms with van der Waals surface area (Å²) in [5, 5.41) is 17.8. The minimum Gasteiger partial charge on any atom is -0.305 e. The van der Waals surface area contributed by atoms with E-state index in [2.05, 4.69) is 15.9 Å². The first-order valence-corrected chi connectivity index (χ1v) is 4.30. The molecular weight excluding hydrogens is 236 g/mol. The van der Waals surface area contributed by atoms with Crippen LogP contribution in [0.1, 0.15) is 12.5 Å².